The van der Waals surface area contributed by atoms with Crippen molar-refractivity contribution in [1.82, 2.24) is 15.3 Å². The van der Waals surface area contributed by atoms with E-state index in [1.54, 1.807) is 24.3 Å². The summed E-state index contributed by atoms with van der Waals surface area (Å²) in [6, 6.07) is 14.6. The molecule has 0 radical (unpaired) electrons. The maximum Gasteiger partial charge on any atom is 0.335 e. The number of aliphatic hydroxyl groups is 1. The first-order valence-electron chi connectivity index (χ1n) is 14.4. The number of amides is 1. The number of nitrogens with zero attached hydrogens (tertiary/aromatic N) is 2. The summed E-state index contributed by atoms with van der Waals surface area (Å²) in [7, 11) is 0. The molecule has 1 unspecified atom stereocenters. The molecule has 10 nitrogen and oxygen atoms in total. The van der Waals surface area contributed by atoms with Crippen LogP contribution in [0.3, 0.4) is 0 Å². The molecule has 242 valence electrons. The average Bonchev–Trinajstić information content (AvgIpc) is 3.32. The van der Waals surface area contributed by atoms with Gasteiger partial charge in [-0.15, -0.1) is 0 Å². The van der Waals surface area contributed by atoms with Crippen LogP contribution in [-0.4, -0.2) is 95.0 Å². The first-order chi connectivity index (χ1) is 22.2. The average molecular weight is 672 g/mol. The minimum Gasteiger partial charge on any atom is -0.492 e. The lowest BCUT2D eigenvalue weighted by molar-refractivity contribution is -0.124. The molecule has 46 heavy (non-hydrogen) atoms. The number of halogens is 2. The van der Waals surface area contributed by atoms with Gasteiger partial charge in [0.1, 0.15) is 30.8 Å². The second kappa shape index (κ2) is 15.6. The van der Waals surface area contributed by atoms with E-state index in [1.807, 2.05) is 0 Å². The number of ether oxygens (including phenoxy) is 3. The number of thiocarbonyl (C=S) groups is 1. The van der Waals surface area contributed by atoms with Crippen molar-refractivity contribution in [3.05, 3.63) is 88.3 Å². The molecule has 1 atom stereocenters. The number of aliphatic hydroxyl groups excluding tert-OH is 1. The smallest absolute Gasteiger partial charge is 0.335 e. The quantitative estimate of drug-likeness (QED) is 0.179. The molecule has 2 saturated heterocycles. The summed E-state index contributed by atoms with van der Waals surface area (Å²) >= 11 is 6.48. The molecule has 2 fully saturated rings. The lowest BCUT2D eigenvalue weighted by atomic mass is 10.0. The van der Waals surface area contributed by atoms with Gasteiger partial charge in [0, 0.05) is 31.7 Å². The second-order valence-corrected chi connectivity index (χ2v) is 12.0. The van der Waals surface area contributed by atoms with Gasteiger partial charge < -0.3 is 24.4 Å². The van der Waals surface area contributed by atoms with Crippen LogP contribution >= 0.6 is 24.0 Å². The molecule has 14 heteroatoms. The van der Waals surface area contributed by atoms with E-state index in [-0.39, 0.29) is 23.0 Å². The molecule has 3 aromatic carbocycles. The normalized spacial score (nSPS) is 17.0. The van der Waals surface area contributed by atoms with Crippen molar-refractivity contribution in [2.75, 3.05) is 52.6 Å². The SMILES string of the molecule is O=C(O)c1ccc(OCC(O)CNN2C(=O)C(=Cc3cc(-c4ccc(F)c(F)c4)ccc3OCCN3CCOCC3)SC2=S)cc1. The zero-order valence-electron chi connectivity index (χ0n) is 24.5. The summed E-state index contributed by atoms with van der Waals surface area (Å²) in [5.41, 5.74) is 4.55. The molecule has 0 bridgehead atoms. The fourth-order valence-electron chi connectivity index (χ4n) is 4.64. The molecule has 2 aliphatic rings. The number of carboxylic acid groups (broad SMARTS) is 1. The van der Waals surface area contributed by atoms with Crippen LogP contribution in [0.25, 0.3) is 17.2 Å². The number of carbonyl (C=O) groups is 2. The third-order valence-electron chi connectivity index (χ3n) is 7.14. The molecular weight excluding hydrogens is 640 g/mol. The number of carbonyl (C=O) groups excluding carboxylic acids is 1. The third kappa shape index (κ3) is 8.66. The monoisotopic (exact) mass is 671 g/mol. The van der Waals surface area contributed by atoms with E-state index in [0.717, 1.165) is 42.0 Å². The number of aromatic carboxylic acids is 1. The fourth-order valence-corrected chi connectivity index (χ4v) is 5.85. The largest absolute Gasteiger partial charge is 0.492 e. The van der Waals surface area contributed by atoms with Crippen LogP contribution < -0.4 is 14.9 Å². The summed E-state index contributed by atoms with van der Waals surface area (Å²) in [4.78, 5) is 26.9. The third-order valence-corrected chi connectivity index (χ3v) is 8.44. The first kappa shape index (κ1) is 33.4. The molecule has 3 aromatic rings. The second-order valence-electron chi connectivity index (χ2n) is 10.4. The number of hydrazine groups is 1. The van der Waals surface area contributed by atoms with Gasteiger partial charge in [-0.25, -0.2) is 24.0 Å². The standard InChI is InChI=1S/C32H31F2N3O7S2/c33-26-7-3-22(16-27(26)34)21-4-8-28(43-14-11-36-9-12-42-13-10-36)23(15-21)17-29-30(39)37(32(45)46-29)35-18-24(38)19-44-25-5-1-20(2-6-25)31(40)41/h1-8,15-17,24,35,38H,9-14,18-19H2,(H,40,41). The van der Waals surface area contributed by atoms with Gasteiger partial charge in [0.05, 0.1) is 23.7 Å². The van der Waals surface area contributed by atoms with Crippen LogP contribution in [0.5, 0.6) is 11.5 Å². The maximum atomic E-state index is 14.0. The Morgan fingerprint density at radius 1 is 1.04 bits per heavy atom. The van der Waals surface area contributed by atoms with E-state index in [9.17, 15) is 23.5 Å². The highest BCUT2D eigenvalue weighted by Gasteiger charge is 2.33. The number of hydrogen-bond donors (Lipinski definition) is 3. The highest BCUT2D eigenvalue weighted by atomic mass is 32.2. The Morgan fingerprint density at radius 3 is 2.48 bits per heavy atom. The number of carboxylic acids is 1. The van der Waals surface area contributed by atoms with E-state index >= 15 is 0 Å². The van der Waals surface area contributed by atoms with Crippen molar-refractivity contribution in [1.29, 1.82) is 0 Å². The molecule has 0 aliphatic carbocycles. The van der Waals surface area contributed by atoms with Gasteiger partial charge in [0.15, 0.2) is 16.0 Å². The number of morpholine rings is 1. The molecule has 3 N–H and O–H groups in total. The summed E-state index contributed by atoms with van der Waals surface area (Å²) in [5.74, 6) is -2.54. The van der Waals surface area contributed by atoms with Crippen molar-refractivity contribution in [2.24, 2.45) is 0 Å². The first-order valence-corrected chi connectivity index (χ1v) is 15.6. The fraction of sp³-hybridized carbons (Fsp3) is 0.281. The Kier molecular flexibility index (Phi) is 11.3. The van der Waals surface area contributed by atoms with E-state index in [4.69, 9.17) is 31.5 Å². The molecule has 0 saturated carbocycles. The van der Waals surface area contributed by atoms with Crippen molar-refractivity contribution < 1.29 is 42.8 Å². The van der Waals surface area contributed by atoms with Crippen LogP contribution in [0.2, 0.25) is 0 Å². The zero-order chi connectivity index (χ0) is 32.6. The van der Waals surface area contributed by atoms with E-state index < -0.39 is 29.6 Å². The van der Waals surface area contributed by atoms with Gasteiger partial charge in [0.25, 0.3) is 5.91 Å². The van der Waals surface area contributed by atoms with Gasteiger partial charge in [-0.2, -0.15) is 0 Å². The van der Waals surface area contributed by atoms with Crippen molar-refractivity contribution in [3.63, 3.8) is 0 Å². The van der Waals surface area contributed by atoms with E-state index in [2.05, 4.69) is 10.3 Å². The molecule has 2 heterocycles. The Labute approximate surface area is 273 Å². The Morgan fingerprint density at radius 2 is 1.76 bits per heavy atom. The predicted molar refractivity (Wildman–Crippen MR) is 172 cm³/mol. The van der Waals surface area contributed by atoms with Crippen molar-refractivity contribution >= 4 is 46.3 Å². The van der Waals surface area contributed by atoms with Gasteiger partial charge in [-0.3, -0.25) is 9.69 Å². The molecule has 5 rings (SSSR count). The highest BCUT2D eigenvalue weighted by molar-refractivity contribution is 8.26. The minimum absolute atomic E-state index is 0.0611. The zero-order valence-corrected chi connectivity index (χ0v) is 26.1. The number of thioether (sulfide) groups is 1. The van der Waals surface area contributed by atoms with Crippen LogP contribution in [0, 0.1) is 11.6 Å². The van der Waals surface area contributed by atoms with Crippen molar-refractivity contribution in [3.8, 4) is 22.6 Å². The minimum atomic E-state index is -1.06. The molecular formula is C32H31F2N3O7S2. The Bertz CT molecular complexity index is 1620. The molecule has 0 aromatic heterocycles. The molecule has 1 amide bonds. The number of nitrogens with one attached hydrogen (secondary N) is 1. The summed E-state index contributed by atoms with van der Waals surface area (Å²) in [6.07, 6.45) is 0.612. The number of hydrogen-bond acceptors (Lipinski definition) is 10. The van der Waals surface area contributed by atoms with Crippen LogP contribution in [0.1, 0.15) is 15.9 Å². The van der Waals surface area contributed by atoms with Gasteiger partial charge >= 0.3 is 5.97 Å². The lowest BCUT2D eigenvalue weighted by Gasteiger charge is -2.26. The number of rotatable bonds is 13. The van der Waals surface area contributed by atoms with Crippen LogP contribution in [0.4, 0.5) is 8.78 Å². The summed E-state index contributed by atoms with van der Waals surface area (Å²) in [6.45, 7) is 3.83. The van der Waals surface area contributed by atoms with Gasteiger partial charge in [-0.05, 0) is 65.7 Å². The molecule has 0 spiro atoms. The lowest BCUT2D eigenvalue weighted by Crippen LogP contribution is -2.45. The predicted octanol–water partition coefficient (Wildman–Crippen LogP) is 4.19. The van der Waals surface area contributed by atoms with E-state index in [0.29, 0.717) is 59.5 Å². The highest BCUT2D eigenvalue weighted by Crippen LogP contribution is 2.35. The van der Waals surface area contributed by atoms with E-state index in [1.165, 1.54) is 30.3 Å². The topological polar surface area (TPSA) is 121 Å². The van der Waals surface area contributed by atoms with Gasteiger partial charge in [0.2, 0.25) is 0 Å². The summed E-state index contributed by atoms with van der Waals surface area (Å²) < 4.78 is 44.8. The molecule has 2 aliphatic heterocycles. The number of benzene rings is 3. The maximum absolute atomic E-state index is 14.0. The van der Waals surface area contributed by atoms with Crippen LogP contribution in [-0.2, 0) is 9.53 Å². The Balaban J connectivity index is 1.26. The van der Waals surface area contributed by atoms with Crippen molar-refractivity contribution in [2.45, 2.75) is 6.10 Å². The van der Waals surface area contributed by atoms with Crippen LogP contribution in [0.15, 0.2) is 65.6 Å². The van der Waals surface area contributed by atoms with Gasteiger partial charge in [-0.1, -0.05) is 36.1 Å². The summed E-state index contributed by atoms with van der Waals surface area (Å²) in [5, 5.41) is 20.6. The Hall–Kier alpha value is -3.92.